The summed E-state index contributed by atoms with van der Waals surface area (Å²) in [5, 5.41) is 1.80. The van der Waals surface area contributed by atoms with Crippen molar-refractivity contribution in [2.24, 2.45) is 0 Å². The van der Waals surface area contributed by atoms with Crippen LogP contribution in [0.15, 0.2) is 48.7 Å². The number of piperidine rings is 1. The highest BCUT2D eigenvalue weighted by Crippen LogP contribution is 2.27. The Balaban J connectivity index is 1.32. The minimum Gasteiger partial charge on any atom is -0.490 e. The average molecular weight is 439 g/mol. The Morgan fingerprint density at radius 2 is 1.90 bits per heavy atom. The summed E-state index contributed by atoms with van der Waals surface area (Å²) < 4.78 is 8.40. The van der Waals surface area contributed by atoms with Gasteiger partial charge in [-0.1, -0.05) is 42.8 Å². The summed E-state index contributed by atoms with van der Waals surface area (Å²) in [5.41, 5.74) is 3.37. The van der Waals surface area contributed by atoms with Gasteiger partial charge in [0, 0.05) is 41.8 Å². The number of likely N-dealkylation sites (tertiary alicyclic amines) is 1. The average Bonchev–Trinajstić information content (AvgIpc) is 3.14. The van der Waals surface area contributed by atoms with Gasteiger partial charge in [0.15, 0.2) is 5.78 Å². The van der Waals surface area contributed by atoms with Crippen molar-refractivity contribution in [3.63, 3.8) is 0 Å². The van der Waals surface area contributed by atoms with Crippen LogP contribution in [0.3, 0.4) is 0 Å². The lowest BCUT2D eigenvalue weighted by molar-refractivity contribution is 0.0993. The van der Waals surface area contributed by atoms with E-state index in [1.165, 1.54) is 11.1 Å². The fourth-order valence-electron chi connectivity index (χ4n) is 4.63. The Hall–Kier alpha value is -2.30. The van der Waals surface area contributed by atoms with Crippen LogP contribution in [-0.2, 0) is 13.0 Å². The Morgan fingerprint density at radius 3 is 2.61 bits per heavy atom. The largest absolute Gasteiger partial charge is 0.490 e. The smallest absolute Gasteiger partial charge is 0.161 e. The number of hydrogen-bond acceptors (Lipinski definition) is 3. The number of hydrogen-bond donors (Lipinski definition) is 0. The molecule has 0 aliphatic carbocycles. The summed E-state index contributed by atoms with van der Waals surface area (Å²) in [4.78, 5) is 14.7. The molecule has 1 aliphatic heterocycles. The van der Waals surface area contributed by atoms with Gasteiger partial charge >= 0.3 is 0 Å². The molecular formula is C26H31ClN2O2. The van der Waals surface area contributed by atoms with Crippen molar-refractivity contribution in [2.45, 2.75) is 52.2 Å². The highest BCUT2D eigenvalue weighted by atomic mass is 35.5. The summed E-state index contributed by atoms with van der Waals surface area (Å²) >= 11 is 6.06. The van der Waals surface area contributed by atoms with Crippen LogP contribution < -0.4 is 4.74 Å². The molecule has 0 N–H and O–H groups in total. The number of aryl methyl sites for hydroxylation is 2. The fourth-order valence-corrected chi connectivity index (χ4v) is 4.81. The number of Topliss-reactive ketones (excluding diaryl/α,β-unsaturated/α-hetero) is 1. The SMILES string of the molecule is CCc1cccc2c(C(C)=O)cn(CCCN3CCC(Oc4cccc(Cl)c4)CC3)c12. The zero-order valence-corrected chi connectivity index (χ0v) is 19.2. The number of carbonyl (C=O) groups excluding carboxylic acids is 1. The van der Waals surface area contributed by atoms with Gasteiger partial charge in [-0.05, 0) is 62.9 Å². The lowest BCUT2D eigenvalue weighted by Gasteiger charge is -2.32. The molecule has 4 rings (SSSR count). The first-order valence-corrected chi connectivity index (χ1v) is 11.7. The molecule has 0 saturated carbocycles. The number of aromatic nitrogens is 1. The molecule has 0 unspecified atom stereocenters. The molecule has 0 radical (unpaired) electrons. The van der Waals surface area contributed by atoms with E-state index in [1.807, 2.05) is 24.3 Å². The van der Waals surface area contributed by atoms with Gasteiger partial charge in [-0.25, -0.2) is 0 Å². The Labute approximate surface area is 189 Å². The topological polar surface area (TPSA) is 34.5 Å². The third kappa shape index (κ3) is 5.13. The fraction of sp³-hybridized carbons (Fsp3) is 0.423. The molecule has 4 nitrogen and oxygen atoms in total. The number of halogens is 1. The molecule has 2 heterocycles. The van der Waals surface area contributed by atoms with Crippen molar-refractivity contribution >= 4 is 28.3 Å². The predicted octanol–water partition coefficient (Wildman–Crippen LogP) is 5.99. The number of nitrogens with zero attached hydrogens (tertiary/aromatic N) is 2. The van der Waals surface area contributed by atoms with E-state index in [2.05, 4.69) is 40.8 Å². The molecule has 3 aromatic rings. The first-order chi connectivity index (χ1) is 15.0. The van der Waals surface area contributed by atoms with Crippen molar-refractivity contribution in [3.05, 3.63) is 64.8 Å². The molecular weight excluding hydrogens is 408 g/mol. The minimum absolute atomic E-state index is 0.138. The van der Waals surface area contributed by atoms with Crippen molar-refractivity contribution in [1.29, 1.82) is 0 Å². The number of benzene rings is 2. The third-order valence-corrected chi connectivity index (χ3v) is 6.48. The first-order valence-electron chi connectivity index (χ1n) is 11.3. The Bertz CT molecular complexity index is 1050. The van der Waals surface area contributed by atoms with Crippen molar-refractivity contribution < 1.29 is 9.53 Å². The number of ketones is 1. The lowest BCUT2D eigenvalue weighted by Crippen LogP contribution is -2.38. The van der Waals surface area contributed by atoms with Crippen molar-refractivity contribution in [3.8, 4) is 5.75 Å². The number of ether oxygens (including phenoxy) is 1. The Kier molecular flexibility index (Phi) is 6.99. The maximum Gasteiger partial charge on any atom is 0.161 e. The van der Waals surface area contributed by atoms with E-state index < -0.39 is 0 Å². The van der Waals surface area contributed by atoms with E-state index in [9.17, 15) is 4.79 Å². The standard InChI is InChI=1S/C26H31ClN2O2/c1-3-20-7-4-10-24-25(19(2)30)18-29(26(20)24)14-6-13-28-15-11-22(12-16-28)31-23-9-5-8-21(27)17-23/h4-5,7-10,17-18,22H,3,6,11-16H2,1-2H3. The second-order valence-electron chi connectivity index (χ2n) is 8.43. The lowest BCUT2D eigenvalue weighted by atomic mass is 10.1. The highest BCUT2D eigenvalue weighted by Gasteiger charge is 2.21. The van der Waals surface area contributed by atoms with E-state index in [4.69, 9.17) is 16.3 Å². The number of fused-ring (bicyclic) bond motifs is 1. The van der Waals surface area contributed by atoms with Crippen LogP contribution in [0.5, 0.6) is 5.75 Å². The molecule has 1 aliphatic rings. The summed E-state index contributed by atoms with van der Waals surface area (Å²) in [7, 11) is 0. The Morgan fingerprint density at radius 1 is 1.13 bits per heavy atom. The van der Waals surface area contributed by atoms with Crippen molar-refractivity contribution in [2.75, 3.05) is 19.6 Å². The van der Waals surface area contributed by atoms with Crippen LogP contribution in [0.25, 0.3) is 10.9 Å². The van der Waals surface area contributed by atoms with E-state index in [0.717, 1.165) is 68.6 Å². The van der Waals surface area contributed by atoms with Crippen LogP contribution in [-0.4, -0.2) is 41.0 Å². The third-order valence-electron chi connectivity index (χ3n) is 6.25. The van der Waals surface area contributed by atoms with Gasteiger partial charge in [0.05, 0.1) is 5.52 Å². The van der Waals surface area contributed by atoms with Gasteiger partial charge in [0.1, 0.15) is 11.9 Å². The van der Waals surface area contributed by atoms with Crippen LogP contribution in [0.2, 0.25) is 5.02 Å². The molecule has 5 heteroatoms. The van der Waals surface area contributed by atoms with Gasteiger partial charge in [-0.2, -0.15) is 0 Å². The normalized spacial score (nSPS) is 15.5. The van der Waals surface area contributed by atoms with Gasteiger partial charge in [-0.15, -0.1) is 0 Å². The highest BCUT2D eigenvalue weighted by molar-refractivity contribution is 6.30. The number of carbonyl (C=O) groups is 1. The van der Waals surface area contributed by atoms with Gasteiger partial charge in [-0.3, -0.25) is 4.79 Å². The van der Waals surface area contributed by atoms with Gasteiger partial charge in [0.2, 0.25) is 0 Å². The van der Waals surface area contributed by atoms with E-state index in [0.29, 0.717) is 5.02 Å². The zero-order chi connectivity index (χ0) is 21.8. The van der Waals surface area contributed by atoms with Crippen LogP contribution in [0, 0.1) is 0 Å². The summed E-state index contributed by atoms with van der Waals surface area (Å²) in [6, 6.07) is 14.0. The van der Waals surface area contributed by atoms with E-state index in [-0.39, 0.29) is 11.9 Å². The molecule has 0 spiro atoms. The van der Waals surface area contributed by atoms with E-state index in [1.54, 1.807) is 6.92 Å². The maximum absolute atomic E-state index is 12.1. The summed E-state index contributed by atoms with van der Waals surface area (Å²) in [5.74, 6) is 0.997. The second-order valence-corrected chi connectivity index (χ2v) is 8.87. The molecule has 0 bridgehead atoms. The molecule has 0 amide bonds. The predicted molar refractivity (Wildman–Crippen MR) is 127 cm³/mol. The van der Waals surface area contributed by atoms with Gasteiger partial charge < -0.3 is 14.2 Å². The van der Waals surface area contributed by atoms with Crippen LogP contribution >= 0.6 is 11.6 Å². The molecule has 1 saturated heterocycles. The molecule has 164 valence electrons. The van der Waals surface area contributed by atoms with Crippen LogP contribution in [0.4, 0.5) is 0 Å². The molecule has 31 heavy (non-hydrogen) atoms. The van der Waals surface area contributed by atoms with Crippen molar-refractivity contribution in [1.82, 2.24) is 9.47 Å². The quantitative estimate of drug-likeness (QED) is 0.405. The number of para-hydroxylation sites is 1. The maximum atomic E-state index is 12.1. The van der Waals surface area contributed by atoms with Crippen LogP contribution in [0.1, 0.15) is 49.0 Å². The molecule has 0 atom stereocenters. The molecule has 2 aromatic carbocycles. The zero-order valence-electron chi connectivity index (χ0n) is 18.4. The molecule has 1 fully saturated rings. The summed E-state index contributed by atoms with van der Waals surface area (Å²) in [6.45, 7) is 7.93. The van der Waals surface area contributed by atoms with E-state index >= 15 is 0 Å². The summed E-state index contributed by atoms with van der Waals surface area (Å²) in [6.07, 6.45) is 6.42. The first kappa shape index (κ1) is 21.9. The number of rotatable bonds is 8. The molecule has 1 aromatic heterocycles. The monoisotopic (exact) mass is 438 g/mol. The second kappa shape index (κ2) is 9.88. The van der Waals surface area contributed by atoms with Gasteiger partial charge in [0.25, 0.3) is 0 Å². The minimum atomic E-state index is 0.138.